The van der Waals surface area contributed by atoms with Crippen LogP contribution >= 0.6 is 0 Å². The number of anilines is 1. The summed E-state index contributed by atoms with van der Waals surface area (Å²) in [4.78, 5) is 26.0. The molecule has 1 saturated carbocycles. The molecule has 2 amide bonds. The highest BCUT2D eigenvalue weighted by molar-refractivity contribution is 6.18. The average Bonchev–Trinajstić information content (AvgIpc) is 2.92. The molecule has 3 rings (SSSR count). The van der Waals surface area contributed by atoms with Crippen molar-refractivity contribution in [3.8, 4) is 11.8 Å². The second kappa shape index (κ2) is 5.10. The number of benzene rings is 1. The van der Waals surface area contributed by atoms with E-state index in [0.717, 1.165) is 24.8 Å². The van der Waals surface area contributed by atoms with Crippen molar-refractivity contribution in [2.75, 3.05) is 11.4 Å². The van der Waals surface area contributed by atoms with E-state index in [1.807, 2.05) is 12.1 Å². The molecule has 2 fully saturated rings. The van der Waals surface area contributed by atoms with Gasteiger partial charge < -0.3 is 5.73 Å². The molecule has 1 heterocycles. The molecular formula is C16H16N2O2. The fourth-order valence-corrected chi connectivity index (χ4v) is 3.01. The van der Waals surface area contributed by atoms with E-state index in [4.69, 9.17) is 5.73 Å². The van der Waals surface area contributed by atoms with Gasteiger partial charge >= 0.3 is 0 Å². The number of imide groups is 1. The molecule has 0 radical (unpaired) electrons. The minimum atomic E-state index is -0.0513. The lowest BCUT2D eigenvalue weighted by molar-refractivity contribution is -0.132. The normalized spacial score (nSPS) is 24.6. The van der Waals surface area contributed by atoms with Gasteiger partial charge in [0.05, 0.1) is 12.2 Å². The third-order valence-corrected chi connectivity index (χ3v) is 4.03. The van der Waals surface area contributed by atoms with Crippen molar-refractivity contribution in [1.82, 2.24) is 0 Å². The minimum Gasteiger partial charge on any atom is -0.320 e. The predicted molar refractivity (Wildman–Crippen MR) is 75.7 cm³/mol. The predicted octanol–water partition coefficient (Wildman–Crippen LogP) is 1.29. The molecule has 102 valence electrons. The van der Waals surface area contributed by atoms with E-state index in [-0.39, 0.29) is 23.7 Å². The number of carbonyl (C=O) groups is 2. The van der Waals surface area contributed by atoms with Gasteiger partial charge in [0.25, 0.3) is 0 Å². The Morgan fingerprint density at radius 3 is 2.25 bits per heavy atom. The van der Waals surface area contributed by atoms with Crippen molar-refractivity contribution >= 4 is 17.5 Å². The Bertz CT molecular complexity index is 588. The molecule has 20 heavy (non-hydrogen) atoms. The van der Waals surface area contributed by atoms with Crippen LogP contribution in [0.2, 0.25) is 0 Å². The Hall–Kier alpha value is -2.12. The van der Waals surface area contributed by atoms with Crippen molar-refractivity contribution in [1.29, 1.82) is 0 Å². The summed E-state index contributed by atoms with van der Waals surface area (Å²) in [7, 11) is 0. The first-order valence-electron chi connectivity index (χ1n) is 6.87. The molecule has 2 unspecified atom stereocenters. The van der Waals surface area contributed by atoms with Gasteiger partial charge in [-0.1, -0.05) is 11.8 Å². The lowest BCUT2D eigenvalue weighted by Crippen LogP contribution is -2.46. The zero-order chi connectivity index (χ0) is 14.1. The van der Waals surface area contributed by atoms with E-state index in [2.05, 4.69) is 11.8 Å². The molecule has 2 N–H and O–H groups in total. The topological polar surface area (TPSA) is 63.4 Å². The molecule has 2 bridgehead atoms. The number of hydrogen-bond donors (Lipinski definition) is 1. The standard InChI is InChI=1S/C16H16N2O2/c17-9-1-2-11-3-7-14(8-4-11)18-15(19)12-5-6-13(10-12)16(18)20/h3-4,7-8,12-13H,5-6,9-10,17H2. The summed E-state index contributed by atoms with van der Waals surface area (Å²) in [6, 6.07) is 7.19. The number of fused-ring (bicyclic) bond motifs is 2. The summed E-state index contributed by atoms with van der Waals surface area (Å²) in [6.07, 6.45) is 2.41. The first-order valence-corrected chi connectivity index (χ1v) is 6.87. The van der Waals surface area contributed by atoms with Gasteiger partial charge in [0.2, 0.25) is 11.8 Å². The maximum atomic E-state index is 12.3. The summed E-state index contributed by atoms with van der Waals surface area (Å²) in [5, 5.41) is 0. The number of rotatable bonds is 1. The third-order valence-electron chi connectivity index (χ3n) is 4.03. The first-order chi connectivity index (χ1) is 9.70. The molecule has 1 aliphatic heterocycles. The molecule has 2 atom stereocenters. The lowest BCUT2D eigenvalue weighted by atomic mass is 9.96. The summed E-state index contributed by atoms with van der Waals surface area (Å²) < 4.78 is 0. The number of carbonyl (C=O) groups excluding carboxylic acids is 2. The molecule has 2 aliphatic rings. The summed E-state index contributed by atoms with van der Waals surface area (Å²) in [5.74, 6) is 5.64. The zero-order valence-electron chi connectivity index (χ0n) is 11.1. The van der Waals surface area contributed by atoms with Gasteiger partial charge in [-0.05, 0) is 43.5 Å². The Balaban J connectivity index is 1.88. The van der Waals surface area contributed by atoms with Crippen molar-refractivity contribution in [2.24, 2.45) is 17.6 Å². The van der Waals surface area contributed by atoms with E-state index in [0.29, 0.717) is 12.2 Å². The van der Waals surface area contributed by atoms with Gasteiger partial charge in [-0.25, -0.2) is 0 Å². The van der Waals surface area contributed by atoms with Crippen LogP contribution in [0.15, 0.2) is 24.3 Å². The smallest absolute Gasteiger partial charge is 0.236 e. The van der Waals surface area contributed by atoms with Crippen LogP contribution < -0.4 is 10.6 Å². The summed E-state index contributed by atoms with van der Waals surface area (Å²) in [6.45, 7) is 0.314. The fraction of sp³-hybridized carbons (Fsp3) is 0.375. The van der Waals surface area contributed by atoms with Crippen LogP contribution in [-0.4, -0.2) is 18.4 Å². The van der Waals surface area contributed by atoms with Crippen molar-refractivity contribution < 1.29 is 9.59 Å². The number of hydrogen-bond acceptors (Lipinski definition) is 3. The molecule has 0 aromatic heterocycles. The Morgan fingerprint density at radius 1 is 1.10 bits per heavy atom. The molecule has 4 heteroatoms. The van der Waals surface area contributed by atoms with Crippen LogP contribution in [0.4, 0.5) is 5.69 Å². The maximum absolute atomic E-state index is 12.3. The van der Waals surface area contributed by atoms with Crippen LogP contribution in [0.3, 0.4) is 0 Å². The van der Waals surface area contributed by atoms with Gasteiger partial charge in [-0.15, -0.1) is 0 Å². The summed E-state index contributed by atoms with van der Waals surface area (Å²) in [5.41, 5.74) is 6.81. The number of nitrogens with zero attached hydrogens (tertiary/aromatic N) is 1. The number of nitrogens with two attached hydrogens (primary N) is 1. The van der Waals surface area contributed by atoms with Crippen LogP contribution in [0.1, 0.15) is 24.8 Å². The highest BCUT2D eigenvalue weighted by Crippen LogP contribution is 2.39. The quantitative estimate of drug-likeness (QED) is 0.616. The molecule has 0 spiro atoms. The van der Waals surface area contributed by atoms with Crippen LogP contribution in [0.25, 0.3) is 0 Å². The largest absolute Gasteiger partial charge is 0.320 e. The Kier molecular flexibility index (Phi) is 3.29. The van der Waals surface area contributed by atoms with Gasteiger partial charge in [0.15, 0.2) is 0 Å². The van der Waals surface area contributed by atoms with Crippen LogP contribution in [0.5, 0.6) is 0 Å². The molecule has 4 nitrogen and oxygen atoms in total. The highest BCUT2D eigenvalue weighted by atomic mass is 16.2. The van der Waals surface area contributed by atoms with Crippen molar-refractivity contribution in [2.45, 2.75) is 19.3 Å². The molecule has 1 aromatic carbocycles. The lowest BCUT2D eigenvalue weighted by Gasteiger charge is -2.29. The van der Waals surface area contributed by atoms with Crippen LogP contribution in [-0.2, 0) is 9.59 Å². The van der Waals surface area contributed by atoms with E-state index in [1.54, 1.807) is 12.1 Å². The SMILES string of the molecule is NCC#Cc1ccc(N2C(=O)C3CCC(C3)C2=O)cc1. The van der Waals surface area contributed by atoms with E-state index < -0.39 is 0 Å². The van der Waals surface area contributed by atoms with E-state index in [9.17, 15) is 9.59 Å². The van der Waals surface area contributed by atoms with Gasteiger partial charge in [0.1, 0.15) is 0 Å². The third kappa shape index (κ3) is 2.10. The first kappa shape index (κ1) is 12.9. The summed E-state index contributed by atoms with van der Waals surface area (Å²) >= 11 is 0. The zero-order valence-corrected chi connectivity index (χ0v) is 11.1. The second-order valence-corrected chi connectivity index (χ2v) is 5.27. The molecular weight excluding hydrogens is 252 g/mol. The fourth-order valence-electron chi connectivity index (χ4n) is 3.01. The molecule has 1 aromatic rings. The van der Waals surface area contributed by atoms with Crippen molar-refractivity contribution in [3.63, 3.8) is 0 Å². The van der Waals surface area contributed by atoms with Crippen LogP contribution in [0, 0.1) is 23.7 Å². The number of piperidine rings is 1. The van der Waals surface area contributed by atoms with Crippen molar-refractivity contribution in [3.05, 3.63) is 29.8 Å². The number of amides is 2. The van der Waals surface area contributed by atoms with Gasteiger partial charge in [-0.2, -0.15) is 0 Å². The highest BCUT2D eigenvalue weighted by Gasteiger charge is 2.45. The minimum absolute atomic E-state index is 0.0226. The maximum Gasteiger partial charge on any atom is 0.236 e. The van der Waals surface area contributed by atoms with Gasteiger partial charge in [-0.3, -0.25) is 14.5 Å². The average molecular weight is 268 g/mol. The second-order valence-electron chi connectivity index (χ2n) is 5.27. The molecule has 1 saturated heterocycles. The Labute approximate surface area is 117 Å². The Morgan fingerprint density at radius 2 is 1.70 bits per heavy atom. The van der Waals surface area contributed by atoms with Gasteiger partial charge in [0, 0.05) is 17.4 Å². The van der Waals surface area contributed by atoms with E-state index in [1.165, 1.54) is 4.90 Å². The monoisotopic (exact) mass is 268 g/mol. The van der Waals surface area contributed by atoms with E-state index >= 15 is 0 Å². The molecule has 1 aliphatic carbocycles.